The molecule has 5 aromatic rings. The van der Waals surface area contributed by atoms with Crippen LogP contribution in [0.4, 0.5) is 5.69 Å². The molecule has 0 aliphatic heterocycles. The highest BCUT2D eigenvalue weighted by Crippen LogP contribution is 2.24. The monoisotopic (exact) mass is 516 g/mol. The number of para-hydroxylation sites is 2. The minimum Gasteiger partial charge on any atom is -0.486 e. The predicted molar refractivity (Wildman–Crippen MR) is 130 cm³/mol. The van der Waals surface area contributed by atoms with Crippen LogP contribution in [0.25, 0.3) is 16.7 Å². The van der Waals surface area contributed by atoms with E-state index in [0.717, 1.165) is 10.2 Å². The minimum atomic E-state index is -0.485. The van der Waals surface area contributed by atoms with Gasteiger partial charge in [-0.05, 0) is 64.5 Å². The van der Waals surface area contributed by atoms with Gasteiger partial charge in [0.15, 0.2) is 0 Å². The van der Waals surface area contributed by atoms with E-state index in [-0.39, 0.29) is 12.5 Å². The fourth-order valence-electron chi connectivity index (χ4n) is 3.37. The Balaban J connectivity index is 1.27. The second kappa shape index (κ2) is 9.32. The number of nitrogens with one attached hydrogen (secondary N) is 1. The number of fused-ring (bicyclic) bond motifs is 1. The van der Waals surface area contributed by atoms with Crippen LogP contribution in [0.15, 0.2) is 98.7 Å². The summed E-state index contributed by atoms with van der Waals surface area (Å²) in [5, 5.41) is 11.8. The predicted octanol–water partition coefficient (Wildman–Crippen LogP) is 4.97. The third-order valence-corrected chi connectivity index (χ3v) is 5.74. The van der Waals surface area contributed by atoms with E-state index in [2.05, 4.69) is 31.6 Å². The summed E-state index contributed by atoms with van der Waals surface area (Å²) < 4.78 is 13.4. The van der Waals surface area contributed by atoms with E-state index < -0.39 is 5.63 Å². The third kappa shape index (κ3) is 4.60. The normalized spacial score (nSPS) is 10.9. The Hall–Kier alpha value is -4.24. The van der Waals surface area contributed by atoms with E-state index in [4.69, 9.17) is 9.15 Å². The number of aromatic nitrogens is 3. The molecule has 0 aliphatic rings. The van der Waals surface area contributed by atoms with Crippen molar-refractivity contribution in [3.05, 3.63) is 111 Å². The topological polar surface area (TPSA) is 99.2 Å². The zero-order valence-electron chi connectivity index (χ0n) is 17.6. The van der Waals surface area contributed by atoms with E-state index in [9.17, 15) is 9.59 Å². The molecule has 9 heteroatoms. The van der Waals surface area contributed by atoms with Crippen molar-refractivity contribution >= 4 is 38.5 Å². The van der Waals surface area contributed by atoms with Crippen molar-refractivity contribution in [2.75, 3.05) is 5.32 Å². The van der Waals surface area contributed by atoms with Crippen molar-refractivity contribution in [3.8, 4) is 11.4 Å². The molecule has 0 radical (unpaired) electrons. The molecule has 0 aliphatic carbocycles. The van der Waals surface area contributed by atoms with Crippen LogP contribution >= 0.6 is 15.9 Å². The summed E-state index contributed by atoms with van der Waals surface area (Å²) in [5.74, 6) is 0.201. The van der Waals surface area contributed by atoms with E-state index in [1.807, 2.05) is 36.4 Å². The molecule has 0 unspecified atom stereocenters. The van der Waals surface area contributed by atoms with Gasteiger partial charge in [-0.2, -0.15) is 0 Å². The zero-order valence-corrected chi connectivity index (χ0v) is 19.2. The van der Waals surface area contributed by atoms with E-state index >= 15 is 0 Å². The van der Waals surface area contributed by atoms with Crippen molar-refractivity contribution in [1.29, 1.82) is 0 Å². The van der Waals surface area contributed by atoms with E-state index in [0.29, 0.717) is 33.7 Å². The lowest BCUT2D eigenvalue weighted by Gasteiger charge is -2.08. The second-order valence-corrected chi connectivity index (χ2v) is 8.20. The SMILES string of the molecule is O=C(Nc1ccccc1Br)c1ccc(-n2cc(COc3cc(=O)oc4ccccc34)nn2)cc1. The first-order valence-electron chi connectivity index (χ1n) is 10.3. The summed E-state index contributed by atoms with van der Waals surface area (Å²) in [5.41, 5.74) is 2.49. The number of carbonyl (C=O) groups excluding carboxylic acids is 1. The summed E-state index contributed by atoms with van der Waals surface area (Å²) in [4.78, 5) is 24.3. The van der Waals surface area contributed by atoms with Crippen LogP contribution in [0.5, 0.6) is 5.75 Å². The number of ether oxygens (including phenoxy) is 1. The second-order valence-electron chi connectivity index (χ2n) is 7.35. The van der Waals surface area contributed by atoms with Crippen LogP contribution in [0.1, 0.15) is 16.1 Å². The van der Waals surface area contributed by atoms with Crippen LogP contribution in [-0.2, 0) is 6.61 Å². The van der Waals surface area contributed by atoms with Gasteiger partial charge in [0.25, 0.3) is 5.91 Å². The summed E-state index contributed by atoms with van der Waals surface area (Å²) in [6.07, 6.45) is 1.73. The lowest BCUT2D eigenvalue weighted by Crippen LogP contribution is -2.12. The van der Waals surface area contributed by atoms with Gasteiger partial charge in [-0.1, -0.05) is 29.5 Å². The molecule has 1 N–H and O–H groups in total. The summed E-state index contributed by atoms with van der Waals surface area (Å²) in [6.45, 7) is 0.125. The maximum Gasteiger partial charge on any atom is 0.339 e. The quantitative estimate of drug-likeness (QED) is 0.320. The first-order chi connectivity index (χ1) is 16.6. The lowest BCUT2D eigenvalue weighted by atomic mass is 10.2. The first-order valence-corrected chi connectivity index (χ1v) is 11.1. The first kappa shape index (κ1) is 21.6. The number of halogens is 1. The molecule has 0 fully saturated rings. The van der Waals surface area contributed by atoms with Crippen molar-refractivity contribution in [3.63, 3.8) is 0 Å². The summed E-state index contributed by atoms with van der Waals surface area (Å²) in [6, 6.07) is 22.9. The van der Waals surface area contributed by atoms with Crippen molar-refractivity contribution < 1.29 is 13.9 Å². The molecule has 0 saturated carbocycles. The van der Waals surface area contributed by atoms with E-state index in [1.54, 1.807) is 47.3 Å². The van der Waals surface area contributed by atoms with Crippen molar-refractivity contribution in [2.24, 2.45) is 0 Å². The van der Waals surface area contributed by atoms with Crippen LogP contribution < -0.4 is 15.7 Å². The molecule has 168 valence electrons. The minimum absolute atomic E-state index is 0.125. The highest BCUT2D eigenvalue weighted by atomic mass is 79.9. The number of anilines is 1. The fraction of sp³-hybridized carbons (Fsp3) is 0.0400. The van der Waals surface area contributed by atoms with E-state index in [1.165, 1.54) is 6.07 Å². The number of amides is 1. The van der Waals surface area contributed by atoms with Gasteiger partial charge < -0.3 is 14.5 Å². The van der Waals surface area contributed by atoms with Crippen LogP contribution in [0, 0.1) is 0 Å². The van der Waals surface area contributed by atoms with Crippen molar-refractivity contribution in [1.82, 2.24) is 15.0 Å². The Morgan fingerprint density at radius 1 is 1.03 bits per heavy atom. The van der Waals surface area contributed by atoms with Gasteiger partial charge in [0.1, 0.15) is 23.6 Å². The Kier molecular flexibility index (Phi) is 5.92. The van der Waals surface area contributed by atoms with Crippen LogP contribution in [0.3, 0.4) is 0 Å². The molecule has 0 saturated heterocycles. The zero-order chi connectivity index (χ0) is 23.5. The Labute approximate surface area is 201 Å². The molecule has 0 spiro atoms. The fourth-order valence-corrected chi connectivity index (χ4v) is 3.75. The maximum atomic E-state index is 12.5. The number of hydrogen-bond donors (Lipinski definition) is 1. The molecular weight excluding hydrogens is 500 g/mol. The highest BCUT2D eigenvalue weighted by molar-refractivity contribution is 9.10. The molecule has 2 heterocycles. The number of carbonyl (C=O) groups is 1. The smallest absolute Gasteiger partial charge is 0.339 e. The molecular formula is C25H17BrN4O4. The standard InChI is InChI=1S/C25H17BrN4O4/c26-20-6-2-3-7-21(20)27-25(32)16-9-11-18(12-10-16)30-14-17(28-29-30)15-33-23-13-24(31)34-22-8-4-1-5-19(22)23/h1-14H,15H2,(H,27,32). The molecule has 5 rings (SSSR count). The Morgan fingerprint density at radius 3 is 2.62 bits per heavy atom. The summed E-state index contributed by atoms with van der Waals surface area (Å²) in [7, 11) is 0. The van der Waals surface area contributed by atoms with Crippen LogP contribution in [0.2, 0.25) is 0 Å². The lowest BCUT2D eigenvalue weighted by molar-refractivity contribution is 0.102. The number of rotatable bonds is 6. The van der Waals surface area contributed by atoms with Crippen LogP contribution in [-0.4, -0.2) is 20.9 Å². The Morgan fingerprint density at radius 2 is 1.79 bits per heavy atom. The Bertz CT molecular complexity index is 1540. The van der Waals surface area contributed by atoms with Crippen molar-refractivity contribution in [2.45, 2.75) is 6.61 Å². The molecule has 2 aromatic heterocycles. The summed E-state index contributed by atoms with van der Waals surface area (Å²) >= 11 is 3.42. The number of hydrogen-bond acceptors (Lipinski definition) is 6. The number of nitrogens with zero attached hydrogens (tertiary/aromatic N) is 3. The average molecular weight is 517 g/mol. The van der Waals surface area contributed by atoms with Gasteiger partial charge in [-0.3, -0.25) is 4.79 Å². The third-order valence-electron chi connectivity index (χ3n) is 5.04. The molecule has 1 amide bonds. The molecule has 0 atom stereocenters. The maximum absolute atomic E-state index is 12.5. The number of benzene rings is 3. The van der Waals surface area contributed by atoms with Gasteiger partial charge in [0.05, 0.1) is 29.0 Å². The highest BCUT2D eigenvalue weighted by Gasteiger charge is 2.11. The molecule has 8 nitrogen and oxygen atoms in total. The average Bonchev–Trinajstić information content (AvgIpc) is 3.33. The molecule has 34 heavy (non-hydrogen) atoms. The van der Waals surface area contributed by atoms with Gasteiger partial charge in [-0.25, -0.2) is 9.48 Å². The largest absolute Gasteiger partial charge is 0.486 e. The van der Waals surface area contributed by atoms with Gasteiger partial charge >= 0.3 is 5.63 Å². The van der Waals surface area contributed by atoms with Gasteiger partial charge in [0.2, 0.25) is 0 Å². The van der Waals surface area contributed by atoms with Gasteiger partial charge in [0, 0.05) is 10.0 Å². The van der Waals surface area contributed by atoms with Gasteiger partial charge in [-0.15, -0.1) is 5.10 Å². The molecule has 0 bridgehead atoms. The molecule has 3 aromatic carbocycles.